The van der Waals surface area contributed by atoms with E-state index in [0.29, 0.717) is 6.61 Å². The number of allylic oxidation sites excluding steroid dienone is 2. The average molecular weight is 416 g/mol. The highest BCUT2D eigenvalue weighted by atomic mass is 16.8. The molecule has 7 heteroatoms. The van der Waals surface area contributed by atoms with Gasteiger partial charge in [-0.1, -0.05) is 48.6 Å². The van der Waals surface area contributed by atoms with Gasteiger partial charge in [0.1, 0.15) is 12.2 Å². The normalized spacial score (nSPS) is 34.6. The molecule has 30 heavy (non-hydrogen) atoms. The highest BCUT2D eigenvalue weighted by molar-refractivity contribution is 5.82. The quantitative estimate of drug-likeness (QED) is 0.415. The van der Waals surface area contributed by atoms with Crippen molar-refractivity contribution < 1.29 is 33.2 Å². The van der Waals surface area contributed by atoms with E-state index < -0.39 is 42.1 Å². The summed E-state index contributed by atoms with van der Waals surface area (Å²) in [5.74, 6) is -2.02. The zero-order chi connectivity index (χ0) is 21.4. The molecule has 0 spiro atoms. The number of fused-ring (bicyclic) bond motifs is 1. The number of carbonyl (C=O) groups excluding carboxylic acids is 1. The Balaban J connectivity index is 1.42. The van der Waals surface area contributed by atoms with Gasteiger partial charge in [-0.3, -0.25) is 0 Å². The lowest BCUT2D eigenvalue weighted by atomic mass is 10.1. The highest BCUT2D eigenvalue weighted by Crippen LogP contribution is 2.41. The standard InChI is InChI=1S/C23H28O7/c1-22(2)25-14-16(28-22)18-19(20-21(27-18)30-23(3,4)29-20)26-17(24)13-9-8-12-15-10-6-5-7-11-15/h5-13,16,18-21H,14H2,1-4H3/b12-8+,13-9+/t16-,18-,19+,20-,21-/m1/s1. The van der Waals surface area contributed by atoms with E-state index in [9.17, 15) is 4.79 Å². The number of rotatable bonds is 5. The Morgan fingerprint density at radius 1 is 1.00 bits per heavy atom. The average Bonchev–Trinajstić information content (AvgIpc) is 3.29. The molecule has 0 N–H and O–H groups in total. The van der Waals surface area contributed by atoms with Crippen molar-refractivity contribution in [3.8, 4) is 0 Å². The third kappa shape index (κ3) is 4.82. The second-order valence-corrected chi connectivity index (χ2v) is 8.47. The van der Waals surface area contributed by atoms with Gasteiger partial charge in [0.05, 0.1) is 6.61 Å². The van der Waals surface area contributed by atoms with Crippen LogP contribution in [-0.2, 0) is 33.2 Å². The van der Waals surface area contributed by atoms with Gasteiger partial charge in [0.15, 0.2) is 30.1 Å². The number of benzene rings is 1. The summed E-state index contributed by atoms with van der Waals surface area (Å²) in [6.45, 7) is 7.61. The van der Waals surface area contributed by atoms with E-state index in [1.807, 2.05) is 50.3 Å². The number of hydrogen-bond donors (Lipinski definition) is 0. The molecule has 3 heterocycles. The lowest BCUT2D eigenvalue weighted by Crippen LogP contribution is -2.45. The predicted molar refractivity (Wildman–Crippen MR) is 108 cm³/mol. The molecule has 0 amide bonds. The van der Waals surface area contributed by atoms with Gasteiger partial charge in [-0.2, -0.15) is 0 Å². The van der Waals surface area contributed by atoms with Crippen molar-refractivity contribution in [1.29, 1.82) is 0 Å². The first kappa shape index (κ1) is 21.2. The molecule has 3 saturated heterocycles. The van der Waals surface area contributed by atoms with Crippen LogP contribution < -0.4 is 0 Å². The Morgan fingerprint density at radius 2 is 1.77 bits per heavy atom. The summed E-state index contributed by atoms with van der Waals surface area (Å²) in [5.41, 5.74) is 1.04. The molecule has 3 aliphatic heterocycles. The van der Waals surface area contributed by atoms with Crippen LogP contribution in [0.2, 0.25) is 0 Å². The molecule has 0 radical (unpaired) electrons. The predicted octanol–water partition coefficient (Wildman–Crippen LogP) is 3.20. The van der Waals surface area contributed by atoms with E-state index in [1.165, 1.54) is 6.08 Å². The van der Waals surface area contributed by atoms with Gasteiger partial charge in [-0.05, 0) is 33.3 Å². The van der Waals surface area contributed by atoms with Crippen LogP contribution in [0.15, 0.2) is 48.6 Å². The Hall–Kier alpha value is -2.03. The summed E-state index contributed by atoms with van der Waals surface area (Å²) in [6.07, 6.45) is 3.95. The van der Waals surface area contributed by atoms with Gasteiger partial charge in [0.25, 0.3) is 0 Å². The van der Waals surface area contributed by atoms with Crippen LogP contribution in [0, 0.1) is 0 Å². The van der Waals surface area contributed by atoms with E-state index in [4.69, 9.17) is 28.4 Å². The topological polar surface area (TPSA) is 72.5 Å². The van der Waals surface area contributed by atoms with Gasteiger partial charge in [-0.25, -0.2) is 4.79 Å². The molecule has 0 unspecified atom stereocenters. The van der Waals surface area contributed by atoms with Crippen LogP contribution in [-0.4, -0.2) is 54.9 Å². The van der Waals surface area contributed by atoms with E-state index in [0.717, 1.165) is 5.56 Å². The lowest BCUT2D eigenvalue weighted by molar-refractivity contribution is -0.234. The maximum absolute atomic E-state index is 12.5. The fourth-order valence-corrected chi connectivity index (χ4v) is 3.85. The summed E-state index contributed by atoms with van der Waals surface area (Å²) in [4.78, 5) is 12.5. The molecular weight excluding hydrogens is 388 g/mol. The summed E-state index contributed by atoms with van der Waals surface area (Å²) in [6, 6.07) is 9.82. The van der Waals surface area contributed by atoms with Crippen molar-refractivity contribution in [2.24, 2.45) is 0 Å². The van der Waals surface area contributed by atoms with Crippen molar-refractivity contribution in [2.75, 3.05) is 6.61 Å². The largest absolute Gasteiger partial charge is 0.453 e. The minimum Gasteiger partial charge on any atom is -0.453 e. The SMILES string of the molecule is CC1(C)O[C@H]2O[C@H]([C@H]3COC(C)(C)O3)[C@H](OC(=O)/C=C/C=C/c3ccccc3)[C@H]2O1. The molecule has 1 aromatic rings. The first-order valence-corrected chi connectivity index (χ1v) is 10.2. The zero-order valence-electron chi connectivity index (χ0n) is 17.6. The van der Waals surface area contributed by atoms with Crippen molar-refractivity contribution in [3.63, 3.8) is 0 Å². The molecule has 3 aliphatic rings. The molecule has 0 bridgehead atoms. The first-order chi connectivity index (χ1) is 14.2. The molecule has 7 nitrogen and oxygen atoms in total. The Kier molecular flexibility index (Phi) is 5.83. The number of ether oxygens (including phenoxy) is 6. The molecule has 0 aliphatic carbocycles. The molecule has 5 atom stereocenters. The van der Waals surface area contributed by atoms with Crippen molar-refractivity contribution in [1.82, 2.24) is 0 Å². The number of esters is 1. The smallest absolute Gasteiger partial charge is 0.331 e. The third-order valence-corrected chi connectivity index (χ3v) is 5.11. The molecular formula is C23H28O7. The monoisotopic (exact) mass is 416 g/mol. The summed E-state index contributed by atoms with van der Waals surface area (Å²) in [7, 11) is 0. The maximum atomic E-state index is 12.5. The van der Waals surface area contributed by atoms with Gasteiger partial charge in [-0.15, -0.1) is 0 Å². The zero-order valence-corrected chi connectivity index (χ0v) is 17.6. The van der Waals surface area contributed by atoms with E-state index >= 15 is 0 Å². The summed E-state index contributed by atoms with van der Waals surface area (Å²) in [5, 5.41) is 0. The van der Waals surface area contributed by atoms with E-state index in [1.54, 1.807) is 26.0 Å². The van der Waals surface area contributed by atoms with Crippen LogP contribution >= 0.6 is 0 Å². The fraction of sp³-hybridized carbons (Fsp3) is 0.522. The molecule has 162 valence electrons. The first-order valence-electron chi connectivity index (χ1n) is 10.2. The lowest BCUT2D eigenvalue weighted by Gasteiger charge is -2.28. The molecule has 1 aromatic carbocycles. The second kappa shape index (κ2) is 8.24. The van der Waals surface area contributed by atoms with Crippen molar-refractivity contribution in [2.45, 2.75) is 70.0 Å². The van der Waals surface area contributed by atoms with Crippen molar-refractivity contribution >= 4 is 12.0 Å². The number of carbonyl (C=O) groups is 1. The Labute approximate surface area is 176 Å². The summed E-state index contributed by atoms with van der Waals surface area (Å²) < 4.78 is 35.1. The maximum Gasteiger partial charge on any atom is 0.331 e. The summed E-state index contributed by atoms with van der Waals surface area (Å²) >= 11 is 0. The second-order valence-electron chi connectivity index (χ2n) is 8.47. The van der Waals surface area contributed by atoms with Crippen LogP contribution in [0.25, 0.3) is 6.08 Å². The minimum absolute atomic E-state index is 0.338. The minimum atomic E-state index is -0.814. The van der Waals surface area contributed by atoms with Crippen LogP contribution in [0.5, 0.6) is 0 Å². The molecule has 0 aromatic heterocycles. The van der Waals surface area contributed by atoms with E-state index in [-0.39, 0.29) is 6.10 Å². The molecule has 3 fully saturated rings. The van der Waals surface area contributed by atoms with E-state index in [2.05, 4.69) is 0 Å². The van der Waals surface area contributed by atoms with Gasteiger partial charge in [0.2, 0.25) is 0 Å². The van der Waals surface area contributed by atoms with Crippen LogP contribution in [0.3, 0.4) is 0 Å². The third-order valence-electron chi connectivity index (χ3n) is 5.11. The van der Waals surface area contributed by atoms with Gasteiger partial charge in [0, 0.05) is 6.08 Å². The Morgan fingerprint density at radius 3 is 2.47 bits per heavy atom. The highest BCUT2D eigenvalue weighted by Gasteiger charge is 2.59. The van der Waals surface area contributed by atoms with Gasteiger partial charge < -0.3 is 28.4 Å². The van der Waals surface area contributed by atoms with Gasteiger partial charge >= 0.3 is 5.97 Å². The van der Waals surface area contributed by atoms with Crippen LogP contribution in [0.4, 0.5) is 0 Å². The fourth-order valence-electron chi connectivity index (χ4n) is 3.85. The van der Waals surface area contributed by atoms with Crippen molar-refractivity contribution in [3.05, 3.63) is 54.1 Å². The van der Waals surface area contributed by atoms with Crippen LogP contribution in [0.1, 0.15) is 33.3 Å². The number of hydrogen-bond acceptors (Lipinski definition) is 7. The molecule has 4 rings (SSSR count). The molecule has 0 saturated carbocycles. The Bertz CT molecular complexity index is 814.